The lowest BCUT2D eigenvalue weighted by Crippen LogP contribution is -2.05. The number of aliphatic hydroxyl groups excluding tert-OH is 1. The van der Waals surface area contributed by atoms with E-state index >= 15 is 0 Å². The van der Waals surface area contributed by atoms with Crippen molar-refractivity contribution >= 4 is 15.9 Å². The van der Waals surface area contributed by atoms with Gasteiger partial charge in [0.2, 0.25) is 0 Å². The summed E-state index contributed by atoms with van der Waals surface area (Å²) < 4.78 is 0. The highest BCUT2D eigenvalue weighted by atomic mass is 79.9. The van der Waals surface area contributed by atoms with Gasteiger partial charge in [-0.25, -0.2) is 0 Å². The van der Waals surface area contributed by atoms with Crippen molar-refractivity contribution in [2.75, 3.05) is 0 Å². The van der Waals surface area contributed by atoms with Crippen LogP contribution in [0.4, 0.5) is 0 Å². The van der Waals surface area contributed by atoms with Crippen molar-refractivity contribution in [1.29, 1.82) is 0 Å². The number of halogens is 1. The van der Waals surface area contributed by atoms with E-state index in [9.17, 15) is 5.11 Å². The van der Waals surface area contributed by atoms with Crippen LogP contribution in [-0.2, 0) is 11.8 Å². The lowest BCUT2D eigenvalue weighted by atomic mass is 10.0. The SMILES string of the molecule is CC(O)Cc1ccccc1CBr. The molecule has 0 saturated carbocycles. The Kier molecular flexibility index (Phi) is 3.76. The molecule has 0 aliphatic heterocycles. The van der Waals surface area contributed by atoms with E-state index in [2.05, 4.69) is 28.1 Å². The molecule has 0 fully saturated rings. The highest BCUT2D eigenvalue weighted by Gasteiger charge is 2.02. The van der Waals surface area contributed by atoms with E-state index in [1.165, 1.54) is 11.1 Å². The van der Waals surface area contributed by atoms with Gasteiger partial charge in [-0.1, -0.05) is 40.2 Å². The van der Waals surface area contributed by atoms with Crippen LogP contribution in [0.3, 0.4) is 0 Å². The lowest BCUT2D eigenvalue weighted by molar-refractivity contribution is 0.195. The topological polar surface area (TPSA) is 20.2 Å². The molecule has 0 saturated heterocycles. The largest absolute Gasteiger partial charge is 0.393 e. The first-order valence-electron chi connectivity index (χ1n) is 4.05. The standard InChI is InChI=1S/C10H13BrO/c1-8(12)6-9-4-2-3-5-10(9)7-11/h2-5,8,12H,6-7H2,1H3. The number of rotatable bonds is 3. The molecule has 1 rings (SSSR count). The number of aliphatic hydroxyl groups is 1. The van der Waals surface area contributed by atoms with Gasteiger partial charge in [-0.05, 0) is 24.5 Å². The molecule has 0 heterocycles. The molecule has 66 valence electrons. The lowest BCUT2D eigenvalue weighted by Gasteiger charge is -2.08. The number of hydrogen-bond donors (Lipinski definition) is 1. The first-order valence-corrected chi connectivity index (χ1v) is 5.17. The van der Waals surface area contributed by atoms with E-state index in [0.29, 0.717) is 0 Å². The van der Waals surface area contributed by atoms with Gasteiger partial charge in [0, 0.05) is 5.33 Å². The van der Waals surface area contributed by atoms with Crippen LogP contribution in [0.2, 0.25) is 0 Å². The predicted octanol–water partition coefficient (Wildman–Crippen LogP) is 2.50. The second-order valence-electron chi connectivity index (χ2n) is 2.96. The number of alkyl halides is 1. The Morgan fingerprint density at radius 2 is 1.92 bits per heavy atom. The molecule has 0 radical (unpaired) electrons. The van der Waals surface area contributed by atoms with Gasteiger partial charge < -0.3 is 5.11 Å². The van der Waals surface area contributed by atoms with E-state index < -0.39 is 0 Å². The maximum atomic E-state index is 9.21. The maximum Gasteiger partial charge on any atom is 0.0552 e. The Bertz CT molecular complexity index is 245. The van der Waals surface area contributed by atoms with Gasteiger partial charge in [0.15, 0.2) is 0 Å². The van der Waals surface area contributed by atoms with Crippen LogP contribution in [-0.4, -0.2) is 11.2 Å². The van der Waals surface area contributed by atoms with Crippen LogP contribution in [0.5, 0.6) is 0 Å². The van der Waals surface area contributed by atoms with Crippen molar-refractivity contribution in [2.24, 2.45) is 0 Å². The molecule has 1 atom stereocenters. The number of benzene rings is 1. The highest BCUT2D eigenvalue weighted by Crippen LogP contribution is 2.14. The fourth-order valence-electron chi connectivity index (χ4n) is 1.21. The summed E-state index contributed by atoms with van der Waals surface area (Å²) in [5.74, 6) is 0. The summed E-state index contributed by atoms with van der Waals surface area (Å²) in [4.78, 5) is 0. The molecule has 0 bridgehead atoms. The predicted molar refractivity (Wildman–Crippen MR) is 54.5 cm³/mol. The third kappa shape index (κ3) is 2.61. The van der Waals surface area contributed by atoms with Gasteiger partial charge in [-0.3, -0.25) is 0 Å². The first kappa shape index (κ1) is 9.75. The van der Waals surface area contributed by atoms with Crippen molar-refractivity contribution in [2.45, 2.75) is 24.8 Å². The Hall–Kier alpha value is -0.340. The van der Waals surface area contributed by atoms with Gasteiger partial charge in [-0.15, -0.1) is 0 Å². The summed E-state index contributed by atoms with van der Waals surface area (Å²) in [7, 11) is 0. The molecule has 0 aromatic heterocycles. The van der Waals surface area contributed by atoms with Crippen LogP contribution in [0.1, 0.15) is 18.1 Å². The minimum atomic E-state index is -0.259. The molecule has 0 amide bonds. The highest BCUT2D eigenvalue weighted by molar-refractivity contribution is 9.08. The average Bonchev–Trinajstić information content (AvgIpc) is 2.04. The second kappa shape index (κ2) is 4.63. The Labute approximate surface area is 81.6 Å². The normalized spacial score (nSPS) is 12.9. The molecule has 0 spiro atoms. The van der Waals surface area contributed by atoms with E-state index in [-0.39, 0.29) is 6.10 Å². The monoisotopic (exact) mass is 228 g/mol. The molecular formula is C10H13BrO. The third-order valence-corrected chi connectivity index (χ3v) is 2.38. The van der Waals surface area contributed by atoms with Crippen LogP contribution in [0.25, 0.3) is 0 Å². The fourth-order valence-corrected chi connectivity index (χ4v) is 1.75. The van der Waals surface area contributed by atoms with Gasteiger partial charge in [-0.2, -0.15) is 0 Å². The quantitative estimate of drug-likeness (QED) is 0.789. The molecule has 1 N–H and O–H groups in total. The number of hydrogen-bond acceptors (Lipinski definition) is 1. The summed E-state index contributed by atoms with van der Waals surface area (Å²) in [6.07, 6.45) is 0.479. The molecule has 1 aromatic carbocycles. The van der Waals surface area contributed by atoms with E-state index in [1.807, 2.05) is 19.1 Å². The summed E-state index contributed by atoms with van der Waals surface area (Å²) >= 11 is 3.42. The summed E-state index contributed by atoms with van der Waals surface area (Å²) in [5.41, 5.74) is 2.49. The molecule has 1 unspecified atom stereocenters. The zero-order valence-electron chi connectivity index (χ0n) is 7.13. The van der Waals surface area contributed by atoms with Crippen LogP contribution >= 0.6 is 15.9 Å². The van der Waals surface area contributed by atoms with Gasteiger partial charge in [0.05, 0.1) is 6.10 Å². The van der Waals surface area contributed by atoms with Gasteiger partial charge >= 0.3 is 0 Å². The van der Waals surface area contributed by atoms with Crippen molar-refractivity contribution in [3.8, 4) is 0 Å². The van der Waals surface area contributed by atoms with Gasteiger partial charge in [0.25, 0.3) is 0 Å². The van der Waals surface area contributed by atoms with E-state index in [1.54, 1.807) is 0 Å². The molecule has 0 aliphatic carbocycles. The van der Waals surface area contributed by atoms with Crippen molar-refractivity contribution < 1.29 is 5.11 Å². The molecule has 0 aliphatic rings. The van der Waals surface area contributed by atoms with Crippen LogP contribution in [0.15, 0.2) is 24.3 Å². The zero-order chi connectivity index (χ0) is 8.97. The molecule has 1 nitrogen and oxygen atoms in total. The minimum absolute atomic E-state index is 0.259. The third-order valence-electron chi connectivity index (χ3n) is 1.78. The molecule has 1 aromatic rings. The molecule has 2 heteroatoms. The zero-order valence-corrected chi connectivity index (χ0v) is 8.71. The fraction of sp³-hybridized carbons (Fsp3) is 0.400. The maximum absolute atomic E-state index is 9.21. The van der Waals surface area contributed by atoms with E-state index in [4.69, 9.17) is 0 Å². The minimum Gasteiger partial charge on any atom is -0.393 e. The van der Waals surface area contributed by atoms with Crippen molar-refractivity contribution in [3.63, 3.8) is 0 Å². The van der Waals surface area contributed by atoms with Crippen molar-refractivity contribution in [1.82, 2.24) is 0 Å². The summed E-state index contributed by atoms with van der Waals surface area (Å²) in [6.45, 7) is 1.81. The summed E-state index contributed by atoms with van der Waals surface area (Å²) in [5, 5.41) is 10.1. The Morgan fingerprint density at radius 3 is 2.42 bits per heavy atom. The smallest absolute Gasteiger partial charge is 0.0552 e. The molecular weight excluding hydrogens is 216 g/mol. The Balaban J connectivity index is 2.82. The van der Waals surface area contributed by atoms with E-state index in [0.717, 1.165) is 11.8 Å². The average molecular weight is 229 g/mol. The van der Waals surface area contributed by atoms with Crippen LogP contribution in [0, 0.1) is 0 Å². The summed E-state index contributed by atoms with van der Waals surface area (Å²) in [6, 6.07) is 8.15. The Morgan fingerprint density at radius 1 is 1.33 bits per heavy atom. The second-order valence-corrected chi connectivity index (χ2v) is 3.52. The van der Waals surface area contributed by atoms with Crippen LogP contribution < -0.4 is 0 Å². The van der Waals surface area contributed by atoms with Gasteiger partial charge in [0.1, 0.15) is 0 Å². The first-order chi connectivity index (χ1) is 5.74. The molecule has 12 heavy (non-hydrogen) atoms. The van der Waals surface area contributed by atoms with Crippen molar-refractivity contribution in [3.05, 3.63) is 35.4 Å².